The smallest absolute Gasteiger partial charge is 0.227 e. The molecule has 2 aromatic carbocycles. The van der Waals surface area contributed by atoms with E-state index in [1.807, 2.05) is 48.5 Å². The summed E-state index contributed by atoms with van der Waals surface area (Å²) < 4.78 is 6.84. The van der Waals surface area contributed by atoms with Gasteiger partial charge in [-0.2, -0.15) is 0 Å². The number of halogens is 1. The van der Waals surface area contributed by atoms with E-state index in [0.717, 1.165) is 20.8 Å². The van der Waals surface area contributed by atoms with Crippen LogP contribution in [0.4, 0.5) is 0 Å². The molecule has 0 saturated heterocycles. The monoisotopic (exact) mass is 329 g/mol. The molecule has 0 aliphatic carbocycles. The third kappa shape index (κ3) is 2.53. The molecule has 3 aromatic rings. The fourth-order valence-corrected chi connectivity index (χ4v) is 2.50. The minimum Gasteiger partial charge on any atom is -0.438 e. The number of hydrogen-bond acceptors (Lipinski definition) is 3. The molecule has 3 nitrogen and oxygen atoms in total. The third-order valence-electron chi connectivity index (χ3n) is 3.04. The van der Waals surface area contributed by atoms with Gasteiger partial charge in [-0.3, -0.25) is 0 Å². The Hall–Kier alpha value is -1.91. The van der Waals surface area contributed by atoms with Gasteiger partial charge >= 0.3 is 0 Å². The predicted octanol–water partition coefficient (Wildman–Crippen LogP) is 4.28. The second-order valence-electron chi connectivity index (χ2n) is 4.36. The second-order valence-corrected chi connectivity index (χ2v) is 5.21. The number of aliphatic hydroxyl groups excluding tert-OH is 1. The van der Waals surface area contributed by atoms with E-state index in [9.17, 15) is 0 Å². The van der Waals surface area contributed by atoms with Crippen LogP contribution in [0.15, 0.2) is 59.2 Å². The van der Waals surface area contributed by atoms with Crippen molar-refractivity contribution in [3.8, 4) is 11.6 Å². The summed E-state index contributed by atoms with van der Waals surface area (Å²) >= 11 is 3.52. The Balaban J connectivity index is 1.99. The largest absolute Gasteiger partial charge is 0.438 e. The molecule has 0 aliphatic rings. The van der Waals surface area contributed by atoms with E-state index in [0.29, 0.717) is 11.6 Å². The highest BCUT2D eigenvalue weighted by Gasteiger charge is 2.06. The highest BCUT2D eigenvalue weighted by Crippen LogP contribution is 2.31. The summed E-state index contributed by atoms with van der Waals surface area (Å²) in [7, 11) is 0. The summed E-state index contributed by atoms with van der Waals surface area (Å²) in [5.41, 5.74) is 0.853. The van der Waals surface area contributed by atoms with Crippen LogP contribution in [0, 0.1) is 0 Å². The molecule has 1 heterocycles. The van der Waals surface area contributed by atoms with Gasteiger partial charge in [0, 0.05) is 21.4 Å². The molecule has 0 unspecified atom stereocenters. The first kappa shape index (κ1) is 13.1. The maximum Gasteiger partial charge on any atom is 0.227 e. The van der Waals surface area contributed by atoms with Crippen LogP contribution in [0.5, 0.6) is 11.6 Å². The molecule has 0 radical (unpaired) electrons. The average Bonchev–Trinajstić information content (AvgIpc) is 2.49. The van der Waals surface area contributed by atoms with Crippen molar-refractivity contribution in [2.45, 2.75) is 6.61 Å². The van der Waals surface area contributed by atoms with E-state index in [-0.39, 0.29) is 6.61 Å². The summed E-state index contributed by atoms with van der Waals surface area (Å²) in [6, 6.07) is 15.2. The second kappa shape index (κ2) is 5.61. The van der Waals surface area contributed by atoms with E-state index in [2.05, 4.69) is 20.9 Å². The first-order valence-electron chi connectivity index (χ1n) is 6.19. The predicted molar refractivity (Wildman–Crippen MR) is 81.9 cm³/mol. The van der Waals surface area contributed by atoms with E-state index < -0.39 is 0 Å². The van der Waals surface area contributed by atoms with Crippen molar-refractivity contribution in [3.05, 3.63) is 64.8 Å². The van der Waals surface area contributed by atoms with Gasteiger partial charge in [0.05, 0.1) is 6.61 Å². The molecule has 0 saturated carbocycles. The molecule has 20 heavy (non-hydrogen) atoms. The molecule has 0 fully saturated rings. The van der Waals surface area contributed by atoms with Gasteiger partial charge in [-0.15, -0.1) is 0 Å². The van der Waals surface area contributed by atoms with Gasteiger partial charge in [0.15, 0.2) is 0 Å². The number of ether oxygens (including phenoxy) is 1. The molecule has 0 atom stereocenters. The van der Waals surface area contributed by atoms with Crippen molar-refractivity contribution < 1.29 is 9.84 Å². The minimum atomic E-state index is 0.0275. The molecule has 0 bridgehead atoms. The van der Waals surface area contributed by atoms with Crippen LogP contribution in [-0.4, -0.2) is 10.1 Å². The average molecular weight is 330 g/mol. The maximum atomic E-state index is 9.03. The molecular weight excluding hydrogens is 318 g/mol. The molecule has 0 amide bonds. The maximum absolute atomic E-state index is 9.03. The van der Waals surface area contributed by atoms with Crippen LogP contribution in [0.25, 0.3) is 10.8 Å². The molecule has 0 aliphatic heterocycles. The lowest BCUT2D eigenvalue weighted by Crippen LogP contribution is -1.90. The molecule has 100 valence electrons. The standard InChI is InChI=1S/C16H12BrNO2/c17-15-3-1-2-14-13(15)8-9-18-16(14)20-12-6-4-11(10-19)5-7-12/h1-9,19H,10H2. The van der Waals surface area contributed by atoms with E-state index in [1.54, 1.807) is 6.20 Å². The summed E-state index contributed by atoms with van der Waals surface area (Å²) in [6.07, 6.45) is 1.73. The topological polar surface area (TPSA) is 42.4 Å². The SMILES string of the molecule is OCc1ccc(Oc2nccc3c(Br)cccc23)cc1. The highest BCUT2D eigenvalue weighted by molar-refractivity contribution is 9.10. The van der Waals surface area contributed by atoms with Crippen LogP contribution in [0.2, 0.25) is 0 Å². The molecule has 1 aromatic heterocycles. The quantitative estimate of drug-likeness (QED) is 0.779. The van der Waals surface area contributed by atoms with Gasteiger partial charge in [0.2, 0.25) is 5.88 Å². The van der Waals surface area contributed by atoms with Crippen LogP contribution < -0.4 is 4.74 Å². The number of benzene rings is 2. The lowest BCUT2D eigenvalue weighted by molar-refractivity contribution is 0.281. The molecule has 4 heteroatoms. The van der Waals surface area contributed by atoms with Crippen LogP contribution in [0.3, 0.4) is 0 Å². The van der Waals surface area contributed by atoms with Crippen molar-refractivity contribution >= 4 is 26.7 Å². The van der Waals surface area contributed by atoms with Crippen molar-refractivity contribution in [3.63, 3.8) is 0 Å². The Kier molecular flexibility index (Phi) is 3.67. The van der Waals surface area contributed by atoms with Gasteiger partial charge in [0.1, 0.15) is 5.75 Å². The lowest BCUT2D eigenvalue weighted by Gasteiger charge is -2.09. The Morgan fingerprint density at radius 3 is 2.55 bits per heavy atom. The summed E-state index contributed by atoms with van der Waals surface area (Å²) in [6.45, 7) is 0.0275. The first-order chi connectivity index (χ1) is 9.78. The van der Waals surface area contributed by atoms with E-state index >= 15 is 0 Å². The minimum absolute atomic E-state index is 0.0275. The van der Waals surface area contributed by atoms with Crippen LogP contribution in [0.1, 0.15) is 5.56 Å². The summed E-state index contributed by atoms with van der Waals surface area (Å²) in [5, 5.41) is 11.0. The van der Waals surface area contributed by atoms with Crippen molar-refractivity contribution in [2.24, 2.45) is 0 Å². The van der Waals surface area contributed by atoms with Gasteiger partial charge in [-0.1, -0.05) is 34.1 Å². The number of rotatable bonds is 3. The number of pyridine rings is 1. The summed E-state index contributed by atoms with van der Waals surface area (Å²) in [5.74, 6) is 1.27. The highest BCUT2D eigenvalue weighted by atomic mass is 79.9. The number of aromatic nitrogens is 1. The third-order valence-corrected chi connectivity index (χ3v) is 3.73. The Morgan fingerprint density at radius 2 is 1.80 bits per heavy atom. The fraction of sp³-hybridized carbons (Fsp3) is 0.0625. The summed E-state index contributed by atoms with van der Waals surface area (Å²) in [4.78, 5) is 4.29. The number of fused-ring (bicyclic) bond motifs is 1. The number of hydrogen-bond donors (Lipinski definition) is 1. The van der Waals surface area contributed by atoms with Crippen molar-refractivity contribution in [1.29, 1.82) is 0 Å². The molecule has 0 spiro atoms. The lowest BCUT2D eigenvalue weighted by atomic mass is 10.2. The fourth-order valence-electron chi connectivity index (χ4n) is 2.00. The molecule has 3 rings (SSSR count). The zero-order valence-electron chi connectivity index (χ0n) is 10.6. The van der Waals surface area contributed by atoms with Crippen LogP contribution >= 0.6 is 15.9 Å². The Bertz CT molecular complexity index is 741. The Morgan fingerprint density at radius 1 is 1.00 bits per heavy atom. The Labute approximate surface area is 125 Å². The first-order valence-corrected chi connectivity index (χ1v) is 6.98. The molecular formula is C16H12BrNO2. The van der Waals surface area contributed by atoms with Crippen LogP contribution in [-0.2, 0) is 6.61 Å². The van der Waals surface area contributed by atoms with E-state index in [1.165, 1.54) is 0 Å². The zero-order chi connectivity index (χ0) is 13.9. The van der Waals surface area contributed by atoms with Crippen molar-refractivity contribution in [1.82, 2.24) is 4.98 Å². The number of nitrogens with zero attached hydrogens (tertiary/aromatic N) is 1. The normalized spacial score (nSPS) is 10.7. The van der Waals surface area contributed by atoms with Gasteiger partial charge in [-0.25, -0.2) is 4.98 Å². The van der Waals surface area contributed by atoms with Crippen molar-refractivity contribution in [2.75, 3.05) is 0 Å². The number of aliphatic hydroxyl groups is 1. The van der Waals surface area contributed by atoms with Gasteiger partial charge in [0.25, 0.3) is 0 Å². The molecule has 1 N–H and O–H groups in total. The van der Waals surface area contributed by atoms with Gasteiger partial charge < -0.3 is 9.84 Å². The van der Waals surface area contributed by atoms with Gasteiger partial charge in [-0.05, 0) is 35.9 Å². The zero-order valence-corrected chi connectivity index (χ0v) is 12.2. The van der Waals surface area contributed by atoms with E-state index in [4.69, 9.17) is 9.84 Å².